The first-order valence-corrected chi connectivity index (χ1v) is 10.8. The largest absolute Gasteiger partial charge is 0.352 e. The van der Waals surface area contributed by atoms with Crippen LogP contribution in [0.2, 0.25) is 0 Å². The van der Waals surface area contributed by atoms with E-state index < -0.39 is 0 Å². The highest BCUT2D eigenvalue weighted by atomic mass is 19.1. The molecule has 7 nitrogen and oxygen atoms in total. The standard InChI is InChI=1S/C26H24FN5O2/c1-17-24(18(2)32(31-17)23-8-6-21(27)7-9-23)15-25(33)29-16-19-4-3-5-22(14-19)30-26(34)20-10-12-28-13-11-20/h3-14H,15-16H2,1-2H3,(H,29,33)(H,30,34). The van der Waals surface area contributed by atoms with Crippen LogP contribution in [-0.2, 0) is 17.8 Å². The second-order valence-electron chi connectivity index (χ2n) is 7.88. The fraction of sp³-hybridized carbons (Fsp3) is 0.154. The highest BCUT2D eigenvalue weighted by molar-refractivity contribution is 6.04. The van der Waals surface area contributed by atoms with E-state index in [0.29, 0.717) is 17.8 Å². The van der Waals surface area contributed by atoms with Gasteiger partial charge in [0.1, 0.15) is 5.82 Å². The van der Waals surface area contributed by atoms with E-state index in [-0.39, 0.29) is 24.1 Å². The first-order chi connectivity index (χ1) is 16.4. The molecule has 0 atom stereocenters. The molecule has 2 aromatic heterocycles. The Morgan fingerprint density at radius 3 is 2.47 bits per heavy atom. The number of carbonyl (C=O) groups is 2. The van der Waals surface area contributed by atoms with Gasteiger partial charge in [-0.05, 0) is 67.9 Å². The van der Waals surface area contributed by atoms with Gasteiger partial charge < -0.3 is 10.6 Å². The summed E-state index contributed by atoms with van der Waals surface area (Å²) in [5.74, 6) is -0.685. The number of benzene rings is 2. The molecule has 2 N–H and O–H groups in total. The van der Waals surface area contributed by atoms with Crippen molar-refractivity contribution in [2.75, 3.05) is 5.32 Å². The van der Waals surface area contributed by atoms with Crippen molar-refractivity contribution >= 4 is 17.5 Å². The van der Waals surface area contributed by atoms with E-state index in [0.717, 1.165) is 28.2 Å². The van der Waals surface area contributed by atoms with Crippen LogP contribution in [0.15, 0.2) is 73.1 Å². The Bertz CT molecular complexity index is 1320. The number of pyridine rings is 1. The fourth-order valence-corrected chi connectivity index (χ4v) is 3.65. The van der Waals surface area contributed by atoms with Crippen LogP contribution in [0.25, 0.3) is 5.69 Å². The van der Waals surface area contributed by atoms with E-state index in [9.17, 15) is 14.0 Å². The number of hydrogen-bond donors (Lipinski definition) is 2. The number of rotatable bonds is 7. The fourth-order valence-electron chi connectivity index (χ4n) is 3.65. The lowest BCUT2D eigenvalue weighted by molar-refractivity contribution is -0.120. The molecule has 8 heteroatoms. The lowest BCUT2D eigenvalue weighted by Gasteiger charge is -2.09. The van der Waals surface area contributed by atoms with E-state index in [1.165, 1.54) is 12.1 Å². The molecule has 2 amide bonds. The maximum atomic E-state index is 13.2. The van der Waals surface area contributed by atoms with Gasteiger partial charge in [0, 0.05) is 41.4 Å². The predicted molar refractivity (Wildman–Crippen MR) is 127 cm³/mol. The van der Waals surface area contributed by atoms with Gasteiger partial charge in [0.15, 0.2) is 0 Å². The number of amides is 2. The van der Waals surface area contributed by atoms with Gasteiger partial charge in [0.2, 0.25) is 5.91 Å². The summed E-state index contributed by atoms with van der Waals surface area (Å²) >= 11 is 0. The SMILES string of the molecule is Cc1nn(-c2ccc(F)cc2)c(C)c1CC(=O)NCc1cccc(NC(=O)c2ccncc2)c1. The topological polar surface area (TPSA) is 88.9 Å². The van der Waals surface area contributed by atoms with Crippen LogP contribution in [0.3, 0.4) is 0 Å². The van der Waals surface area contributed by atoms with Gasteiger partial charge >= 0.3 is 0 Å². The van der Waals surface area contributed by atoms with Gasteiger partial charge in [-0.15, -0.1) is 0 Å². The van der Waals surface area contributed by atoms with Crippen LogP contribution >= 0.6 is 0 Å². The zero-order valence-corrected chi connectivity index (χ0v) is 18.9. The number of nitrogens with one attached hydrogen (secondary N) is 2. The summed E-state index contributed by atoms with van der Waals surface area (Å²) in [5, 5.41) is 10.3. The maximum absolute atomic E-state index is 13.2. The molecule has 0 unspecified atom stereocenters. The Kier molecular flexibility index (Phi) is 6.77. The lowest BCUT2D eigenvalue weighted by Crippen LogP contribution is -2.25. The number of carbonyl (C=O) groups excluding carboxylic acids is 2. The number of aryl methyl sites for hydroxylation is 1. The second-order valence-corrected chi connectivity index (χ2v) is 7.88. The van der Waals surface area contributed by atoms with Gasteiger partial charge in [-0.25, -0.2) is 9.07 Å². The van der Waals surface area contributed by atoms with Crippen LogP contribution in [-0.4, -0.2) is 26.6 Å². The number of halogens is 1. The number of anilines is 1. The van der Waals surface area contributed by atoms with E-state index >= 15 is 0 Å². The molecule has 0 radical (unpaired) electrons. The van der Waals surface area contributed by atoms with Gasteiger partial charge in [-0.1, -0.05) is 12.1 Å². The quantitative estimate of drug-likeness (QED) is 0.437. The van der Waals surface area contributed by atoms with Crippen molar-refractivity contribution in [3.63, 3.8) is 0 Å². The first kappa shape index (κ1) is 22.8. The van der Waals surface area contributed by atoms with Crippen molar-refractivity contribution in [2.24, 2.45) is 0 Å². The summed E-state index contributed by atoms with van der Waals surface area (Å²) in [7, 11) is 0. The highest BCUT2D eigenvalue weighted by Crippen LogP contribution is 2.19. The second kappa shape index (κ2) is 10.1. The van der Waals surface area contributed by atoms with Gasteiger partial charge in [0.25, 0.3) is 5.91 Å². The number of hydrogen-bond acceptors (Lipinski definition) is 4. The molecule has 0 bridgehead atoms. The Balaban J connectivity index is 1.38. The van der Waals surface area contributed by atoms with Crippen molar-refractivity contribution in [3.8, 4) is 5.69 Å². The normalized spacial score (nSPS) is 10.7. The molecule has 0 saturated heterocycles. The summed E-state index contributed by atoms with van der Waals surface area (Å²) in [6, 6.07) is 16.7. The Labute approximate surface area is 196 Å². The minimum atomic E-state index is -0.314. The third-order valence-electron chi connectivity index (χ3n) is 5.47. The van der Waals surface area contributed by atoms with E-state index in [2.05, 4.69) is 20.7 Å². The Morgan fingerprint density at radius 1 is 1.00 bits per heavy atom. The van der Waals surface area contributed by atoms with Crippen LogP contribution in [0.1, 0.15) is 32.9 Å². The molecule has 0 aliphatic rings. The number of aromatic nitrogens is 3. The third-order valence-corrected chi connectivity index (χ3v) is 5.47. The molecule has 0 spiro atoms. The third kappa shape index (κ3) is 5.35. The monoisotopic (exact) mass is 457 g/mol. The molecule has 0 fully saturated rings. The molecule has 2 aromatic carbocycles. The minimum absolute atomic E-state index is 0.143. The summed E-state index contributed by atoms with van der Waals surface area (Å²) in [4.78, 5) is 28.9. The molecule has 0 aliphatic heterocycles. The molecule has 172 valence electrons. The van der Waals surface area contributed by atoms with Crippen LogP contribution < -0.4 is 10.6 Å². The minimum Gasteiger partial charge on any atom is -0.352 e. The first-order valence-electron chi connectivity index (χ1n) is 10.8. The molecule has 34 heavy (non-hydrogen) atoms. The summed E-state index contributed by atoms with van der Waals surface area (Å²) in [6.07, 6.45) is 3.30. The average molecular weight is 458 g/mol. The van der Waals surface area contributed by atoms with Crippen LogP contribution in [0.5, 0.6) is 0 Å². The van der Waals surface area contributed by atoms with Crippen molar-refractivity contribution < 1.29 is 14.0 Å². The summed E-state index contributed by atoms with van der Waals surface area (Å²) in [5.41, 5.74) is 5.16. The highest BCUT2D eigenvalue weighted by Gasteiger charge is 2.16. The van der Waals surface area contributed by atoms with E-state index in [1.54, 1.807) is 47.4 Å². The summed E-state index contributed by atoms with van der Waals surface area (Å²) < 4.78 is 15.0. The van der Waals surface area contributed by atoms with E-state index in [4.69, 9.17) is 0 Å². The molecule has 0 aliphatic carbocycles. The van der Waals surface area contributed by atoms with Crippen LogP contribution in [0, 0.1) is 19.7 Å². The van der Waals surface area contributed by atoms with E-state index in [1.807, 2.05) is 32.0 Å². The Hall–Kier alpha value is -4.33. The molecule has 4 rings (SSSR count). The number of nitrogens with zero attached hydrogens (tertiary/aromatic N) is 3. The van der Waals surface area contributed by atoms with Crippen molar-refractivity contribution in [1.82, 2.24) is 20.1 Å². The molecule has 0 saturated carbocycles. The molecular weight excluding hydrogens is 433 g/mol. The molecular formula is C26H24FN5O2. The summed E-state index contributed by atoms with van der Waals surface area (Å²) in [6.45, 7) is 4.06. The van der Waals surface area contributed by atoms with Crippen molar-refractivity contribution in [2.45, 2.75) is 26.8 Å². The zero-order valence-electron chi connectivity index (χ0n) is 18.9. The average Bonchev–Trinajstić information content (AvgIpc) is 3.12. The predicted octanol–water partition coefficient (Wildman–Crippen LogP) is 4.13. The Morgan fingerprint density at radius 2 is 1.74 bits per heavy atom. The van der Waals surface area contributed by atoms with Gasteiger partial charge in [-0.2, -0.15) is 5.10 Å². The van der Waals surface area contributed by atoms with Gasteiger partial charge in [0.05, 0.1) is 17.8 Å². The molecule has 4 aromatic rings. The van der Waals surface area contributed by atoms with Crippen molar-refractivity contribution in [3.05, 3.63) is 107 Å². The van der Waals surface area contributed by atoms with Crippen LogP contribution in [0.4, 0.5) is 10.1 Å². The van der Waals surface area contributed by atoms with Gasteiger partial charge in [-0.3, -0.25) is 14.6 Å². The van der Waals surface area contributed by atoms with Crippen molar-refractivity contribution in [1.29, 1.82) is 0 Å². The smallest absolute Gasteiger partial charge is 0.255 e. The maximum Gasteiger partial charge on any atom is 0.255 e. The zero-order chi connectivity index (χ0) is 24.1. The molecule has 2 heterocycles. The lowest BCUT2D eigenvalue weighted by atomic mass is 10.1.